The molecule has 0 spiro atoms. The van der Waals surface area contributed by atoms with Gasteiger partial charge in [-0.1, -0.05) is 242 Å². The van der Waals surface area contributed by atoms with Crippen LogP contribution in [0.15, 0.2) is 207 Å². The van der Waals surface area contributed by atoms with E-state index >= 15 is 0 Å². The second-order valence-electron chi connectivity index (χ2n) is 26.9. The fourth-order valence-corrected chi connectivity index (χ4v) is 26.3. The predicted octanol–water partition coefficient (Wildman–Crippen LogP) is 23.4. The highest BCUT2D eigenvalue weighted by Crippen LogP contribution is 2.61. The summed E-state index contributed by atoms with van der Waals surface area (Å²) < 4.78 is 0. The number of pyridine rings is 6. The molecule has 496 valence electrons. The first-order chi connectivity index (χ1) is 44.3. The number of rotatable bonds is 20. The summed E-state index contributed by atoms with van der Waals surface area (Å²) in [5.41, 5.74) is 11.2. The molecule has 0 bridgehead atoms. The molecule has 2 saturated carbocycles. The van der Waals surface area contributed by atoms with Crippen LogP contribution in [0.4, 0.5) is 0 Å². The molecular weight excluding hydrogens is 1230 g/mol. The van der Waals surface area contributed by atoms with Gasteiger partial charge in [-0.25, -0.2) is 0 Å². The lowest BCUT2D eigenvalue weighted by molar-refractivity contribution is 0.484. The summed E-state index contributed by atoms with van der Waals surface area (Å²) in [4.78, 5) is 26.5. The monoisotopic (exact) mass is 1350 g/mol. The molecule has 0 N–H and O–H groups in total. The van der Waals surface area contributed by atoms with E-state index in [2.05, 4.69) is 254 Å². The maximum atomic E-state index is 4.62. The van der Waals surface area contributed by atoms with E-state index in [4.69, 9.17) is 0 Å². The number of hydrogen-bond donors (Lipinski definition) is 0. The van der Waals surface area contributed by atoms with E-state index in [1.807, 2.05) is 79.6 Å². The van der Waals surface area contributed by atoms with Gasteiger partial charge in [-0.15, -0.1) is 15.8 Å². The fraction of sp³-hybridized carbons (Fsp3) is 0.475. The number of hydrogen-bond acceptors (Lipinski definition) is 6. The Morgan fingerprint density at radius 1 is 0.359 bits per heavy atom. The molecule has 8 aromatic rings. The Morgan fingerprint density at radius 3 is 0.967 bits per heavy atom. The topological polar surface area (TPSA) is 77.3 Å². The second-order valence-corrected chi connectivity index (χ2v) is 44.6. The van der Waals surface area contributed by atoms with E-state index in [1.165, 1.54) is 134 Å². The summed E-state index contributed by atoms with van der Waals surface area (Å²) >= 11 is 0. The first-order valence-electron chi connectivity index (χ1n) is 34.3. The Balaban J connectivity index is 0.000000204. The summed E-state index contributed by atoms with van der Waals surface area (Å²) in [7, 11) is 0.141. The third-order valence-corrected chi connectivity index (χ3v) is 33.4. The number of benzene rings is 2. The van der Waals surface area contributed by atoms with Crippen molar-refractivity contribution in [2.75, 3.05) is 25.7 Å². The molecule has 6 aromatic heterocycles. The molecule has 92 heavy (non-hydrogen) atoms. The minimum atomic E-state index is -0.390. The zero-order valence-electron chi connectivity index (χ0n) is 59.0. The summed E-state index contributed by atoms with van der Waals surface area (Å²) in [5, 5.41) is 3.56. The lowest BCUT2D eigenvalue weighted by atomic mass is 9.99. The van der Waals surface area contributed by atoms with Crippen molar-refractivity contribution in [3.8, 4) is 0 Å². The first-order valence-corrected chi connectivity index (χ1v) is 45.0. The van der Waals surface area contributed by atoms with Gasteiger partial charge >= 0.3 is 0 Å². The lowest BCUT2D eigenvalue weighted by Crippen LogP contribution is -2.26. The Labute approximate surface area is 568 Å². The molecule has 0 atom stereocenters. The molecule has 2 aromatic carbocycles. The first kappa shape index (κ1) is 78.6. The van der Waals surface area contributed by atoms with Crippen molar-refractivity contribution in [2.24, 2.45) is 0 Å². The lowest BCUT2D eigenvalue weighted by Gasteiger charge is -2.41. The number of aromatic nitrogens is 6. The van der Waals surface area contributed by atoms with Gasteiger partial charge in [-0.3, -0.25) is 29.9 Å². The molecule has 0 aliphatic heterocycles. The van der Waals surface area contributed by atoms with E-state index in [1.54, 1.807) is 0 Å². The van der Waals surface area contributed by atoms with Crippen molar-refractivity contribution in [3.63, 3.8) is 0 Å². The summed E-state index contributed by atoms with van der Waals surface area (Å²) in [6.45, 7) is 32.5. The molecule has 0 unspecified atom stereocenters. The molecule has 2 aliphatic rings. The maximum absolute atomic E-state index is 4.62. The van der Waals surface area contributed by atoms with Gasteiger partial charge in [0.2, 0.25) is 0 Å². The zero-order valence-corrected chi connectivity index (χ0v) is 64.4. The Hall–Kier alpha value is -4.08. The molecule has 0 radical (unpaired) electrons. The van der Waals surface area contributed by atoms with Gasteiger partial charge in [0.05, 0.1) is 0 Å². The molecule has 6 nitrogen and oxygen atoms in total. The van der Waals surface area contributed by atoms with Gasteiger partial charge in [-0.05, 0) is 176 Å². The fourth-order valence-electron chi connectivity index (χ4n) is 12.0. The minimum Gasteiger partial charge on any atom is -0.261 e. The van der Waals surface area contributed by atoms with Gasteiger partial charge in [0.1, 0.15) is 0 Å². The highest BCUT2D eigenvalue weighted by molar-refractivity contribution is 7.72. The third-order valence-electron chi connectivity index (χ3n) is 16.6. The molecule has 2 fully saturated rings. The van der Waals surface area contributed by atoms with Crippen LogP contribution in [-0.2, 0) is 37.0 Å². The summed E-state index contributed by atoms with van der Waals surface area (Å²) in [6, 6.07) is 58.8. The van der Waals surface area contributed by atoms with E-state index in [-0.39, 0.29) is 47.5 Å². The quantitative estimate of drug-likeness (QED) is 0.0708. The van der Waals surface area contributed by atoms with Crippen molar-refractivity contribution in [2.45, 2.75) is 217 Å². The number of nitrogens with zero attached hydrogens (tertiary/aromatic N) is 6. The van der Waals surface area contributed by atoms with Crippen LogP contribution in [0.1, 0.15) is 181 Å². The highest BCUT2D eigenvalue weighted by Gasteiger charge is 2.35. The average Bonchev–Trinajstić information content (AvgIpc) is 1.74. The van der Waals surface area contributed by atoms with Gasteiger partial charge < -0.3 is 0 Å². The van der Waals surface area contributed by atoms with Gasteiger partial charge in [0, 0.05) is 108 Å². The maximum Gasteiger partial charge on any atom is 0.0452 e. The minimum absolute atomic E-state index is 0.0815. The third kappa shape index (κ3) is 31.6. The molecule has 12 heteroatoms. The summed E-state index contributed by atoms with van der Waals surface area (Å²) in [5.74, 6) is 0. The van der Waals surface area contributed by atoms with Crippen LogP contribution in [0.25, 0.3) is 0 Å². The van der Waals surface area contributed by atoms with Crippen LogP contribution in [0.5, 0.6) is 0 Å². The molecule has 0 saturated heterocycles. The molecule has 0 amide bonds. The highest BCUT2D eigenvalue weighted by atomic mass is 31.1. The van der Waals surface area contributed by atoms with Crippen LogP contribution < -0.4 is 10.6 Å². The van der Waals surface area contributed by atoms with Crippen molar-refractivity contribution >= 4 is 58.1 Å². The van der Waals surface area contributed by atoms with Gasteiger partial charge in [0.15, 0.2) is 0 Å². The molecule has 6 heterocycles. The molecular formula is C80H116N6P6. The van der Waals surface area contributed by atoms with E-state index in [0.717, 1.165) is 46.8 Å². The molecule has 10 rings (SSSR count). The van der Waals surface area contributed by atoms with Crippen LogP contribution in [-0.4, -0.2) is 88.5 Å². The van der Waals surface area contributed by atoms with Crippen molar-refractivity contribution in [1.82, 2.24) is 29.9 Å². The smallest absolute Gasteiger partial charge is 0.0452 e. The van der Waals surface area contributed by atoms with E-state index in [0.29, 0.717) is 10.3 Å². The van der Waals surface area contributed by atoms with E-state index in [9.17, 15) is 0 Å². The van der Waals surface area contributed by atoms with Gasteiger partial charge in [0.25, 0.3) is 0 Å². The van der Waals surface area contributed by atoms with Crippen LogP contribution in [0, 0.1) is 0 Å². The van der Waals surface area contributed by atoms with Crippen LogP contribution in [0.2, 0.25) is 0 Å². The zero-order chi connectivity index (χ0) is 66.4. The Morgan fingerprint density at radius 2 is 0.663 bits per heavy atom. The molecule has 2 aliphatic carbocycles. The second kappa shape index (κ2) is 44.6. The average molecular weight is 1350 g/mol. The van der Waals surface area contributed by atoms with Crippen molar-refractivity contribution in [1.29, 1.82) is 0 Å². The Bertz CT molecular complexity index is 2950. The van der Waals surface area contributed by atoms with Gasteiger partial charge in [-0.2, -0.15) is 0 Å². The standard InChI is InChI=1S/C18H28NP.C18H16NP.C14H24NP.C12H20NP.C10H16NP.C8H12NP/c2*1-3-10-17(11-4-1)20(18-12-5-2-6-13-18)15-16-9-7-8-14-19-16;1-13(2,3)16(14(4,5)6)11-12-9-7-8-10-15-12;1-10(2)14(11(3)4)9-12-7-5-6-8-13-12;1-3-12(4-2)9-10-7-5-6-8-11-10;1-10(2)7-8-5-3-4-6-9-8/h7-9,14,17-18H,1-6,10-13,15H2;1-14H,15H2;7-10H,11H2,1-6H3;5-8,10-11H,9H2,1-4H3;5-8H,3-4,9H2,1-2H3;3-6H,7H2,1-2H3. The van der Waals surface area contributed by atoms with Crippen molar-refractivity contribution < 1.29 is 0 Å². The van der Waals surface area contributed by atoms with Crippen molar-refractivity contribution in [3.05, 3.63) is 241 Å². The largest absolute Gasteiger partial charge is 0.261 e. The normalized spacial score (nSPS) is 13.7. The SMILES string of the molecule is CC(C)(C)P(Cc1ccccn1)C(C)(C)C.CC(C)P(Cc1ccccn1)C(C)C.CCP(CC)Cc1ccccn1.CP(C)Cc1ccccn1.c1ccc(CP(C2CCCCC2)C2CCCCC2)nc1.c1ccc(P(Cc2ccccn2)c2ccccc2)cc1. The van der Waals surface area contributed by atoms with Crippen LogP contribution in [0.3, 0.4) is 0 Å². The van der Waals surface area contributed by atoms with E-state index < -0.39 is 0 Å². The summed E-state index contributed by atoms with van der Waals surface area (Å²) in [6.07, 6.45) is 35.9. The van der Waals surface area contributed by atoms with Crippen LogP contribution >= 0.6 is 47.5 Å². The predicted molar refractivity (Wildman–Crippen MR) is 418 cm³/mol. The Kier molecular flexibility index (Phi) is 38.1.